The van der Waals surface area contributed by atoms with E-state index in [9.17, 15) is 23.4 Å². The summed E-state index contributed by atoms with van der Waals surface area (Å²) in [6.45, 7) is 7.42. The Balaban J connectivity index is 1.56. The SMILES string of the molecule is CCCCCCCCCCCCCCCCOS(=O)Nc1ccc(OC)c(NC(=O)C(C(=O)C(C)(C)C)N2C(=O)C(OC)N(Cc3ccccc3)C2=O)c1. The number of methoxy groups -OCH3 is 2. The first-order valence-corrected chi connectivity index (χ1v) is 20.6. The van der Waals surface area contributed by atoms with Crippen LogP contribution in [-0.2, 0) is 41.1 Å². The summed E-state index contributed by atoms with van der Waals surface area (Å²) in [5, 5.41) is 2.67. The van der Waals surface area contributed by atoms with Gasteiger partial charge in [0, 0.05) is 12.5 Å². The number of benzene rings is 2. The third kappa shape index (κ3) is 13.8. The summed E-state index contributed by atoms with van der Waals surface area (Å²) in [5.74, 6) is -2.16. The van der Waals surface area contributed by atoms with Crippen LogP contribution in [-0.4, -0.2) is 70.7 Å². The number of Topliss-reactive ketones (excluding diaryl/α,β-unsaturated/α-hetero) is 1. The van der Waals surface area contributed by atoms with Gasteiger partial charge in [-0.2, -0.15) is 0 Å². The topological polar surface area (TPSA) is 144 Å². The lowest BCUT2D eigenvalue weighted by molar-refractivity contribution is -0.148. The van der Waals surface area contributed by atoms with Crippen LogP contribution in [0.5, 0.6) is 5.75 Å². The molecule has 0 radical (unpaired) electrons. The minimum absolute atomic E-state index is 0.0264. The molecular weight excluding hydrogens is 709 g/mol. The number of amides is 4. The van der Waals surface area contributed by atoms with Gasteiger partial charge in [-0.3, -0.25) is 28.2 Å². The van der Waals surface area contributed by atoms with Crippen LogP contribution in [0.25, 0.3) is 0 Å². The van der Waals surface area contributed by atoms with Crippen molar-refractivity contribution in [1.29, 1.82) is 0 Å². The maximum atomic E-state index is 14.0. The van der Waals surface area contributed by atoms with E-state index in [-0.39, 0.29) is 18.0 Å². The second-order valence-electron chi connectivity index (χ2n) is 14.9. The Labute approximate surface area is 324 Å². The highest BCUT2D eigenvalue weighted by Gasteiger charge is 2.54. The van der Waals surface area contributed by atoms with Crippen LogP contribution in [0.3, 0.4) is 0 Å². The molecule has 1 fully saturated rings. The number of imide groups is 1. The van der Waals surface area contributed by atoms with Crippen molar-refractivity contribution in [3.63, 3.8) is 0 Å². The maximum absolute atomic E-state index is 14.0. The number of ketones is 1. The van der Waals surface area contributed by atoms with E-state index in [0.717, 1.165) is 24.8 Å². The second kappa shape index (κ2) is 23.2. The number of hydrogen-bond donors (Lipinski definition) is 2. The molecule has 1 aliphatic heterocycles. The van der Waals surface area contributed by atoms with Gasteiger partial charge in [0.05, 0.1) is 31.6 Å². The van der Waals surface area contributed by atoms with Crippen molar-refractivity contribution >= 4 is 46.3 Å². The molecule has 3 atom stereocenters. The summed E-state index contributed by atoms with van der Waals surface area (Å²) in [6, 6.07) is 11.0. The molecule has 0 saturated carbocycles. The second-order valence-corrected chi connectivity index (χ2v) is 15.8. The number of unbranched alkanes of at least 4 members (excludes halogenated alkanes) is 13. The Morgan fingerprint density at radius 1 is 0.833 bits per heavy atom. The highest BCUT2D eigenvalue weighted by Crippen LogP contribution is 2.32. The van der Waals surface area contributed by atoms with Crippen molar-refractivity contribution in [3.8, 4) is 5.75 Å². The van der Waals surface area contributed by atoms with Gasteiger partial charge in [-0.05, 0) is 30.2 Å². The number of rotatable bonds is 26. The smallest absolute Gasteiger partial charge is 0.330 e. The van der Waals surface area contributed by atoms with Crippen LogP contribution >= 0.6 is 0 Å². The molecule has 12 nitrogen and oxygen atoms in total. The number of anilines is 2. The summed E-state index contributed by atoms with van der Waals surface area (Å²) >= 11 is -1.86. The lowest BCUT2D eigenvalue weighted by atomic mass is 9.85. The van der Waals surface area contributed by atoms with E-state index < -0.39 is 52.6 Å². The summed E-state index contributed by atoms with van der Waals surface area (Å²) in [5.41, 5.74) is 0.116. The largest absolute Gasteiger partial charge is 0.495 e. The Hall–Kier alpha value is -3.81. The highest BCUT2D eigenvalue weighted by molar-refractivity contribution is 7.81. The number of urea groups is 1. The molecule has 2 N–H and O–H groups in total. The van der Waals surface area contributed by atoms with E-state index in [1.54, 1.807) is 57.2 Å². The third-order valence-corrected chi connectivity index (χ3v) is 10.2. The van der Waals surface area contributed by atoms with Crippen molar-refractivity contribution in [3.05, 3.63) is 54.1 Å². The number of nitrogens with one attached hydrogen (secondary N) is 2. The summed E-state index contributed by atoms with van der Waals surface area (Å²) in [4.78, 5) is 57.1. The van der Waals surface area contributed by atoms with Gasteiger partial charge in [-0.15, -0.1) is 0 Å². The summed E-state index contributed by atoms with van der Waals surface area (Å²) < 4.78 is 31.9. The fourth-order valence-corrected chi connectivity index (χ4v) is 7.02. The van der Waals surface area contributed by atoms with Crippen LogP contribution in [0, 0.1) is 5.41 Å². The lowest BCUT2D eigenvalue weighted by Gasteiger charge is -2.29. The fourth-order valence-electron chi connectivity index (χ4n) is 6.37. The van der Waals surface area contributed by atoms with Gasteiger partial charge in [-0.1, -0.05) is 141 Å². The fraction of sp³-hybridized carbons (Fsp3) is 0.610. The van der Waals surface area contributed by atoms with Crippen LogP contribution < -0.4 is 14.8 Å². The van der Waals surface area contributed by atoms with E-state index in [2.05, 4.69) is 17.0 Å². The number of carbonyl (C=O) groups excluding carboxylic acids is 4. The summed E-state index contributed by atoms with van der Waals surface area (Å²) in [6.07, 6.45) is 16.1. The van der Waals surface area contributed by atoms with Crippen LogP contribution in [0.2, 0.25) is 0 Å². The molecule has 1 heterocycles. The molecule has 0 aromatic heterocycles. The van der Waals surface area contributed by atoms with Crippen molar-refractivity contribution in [2.24, 2.45) is 5.41 Å². The average molecular weight is 771 g/mol. The molecule has 2 aromatic carbocycles. The van der Waals surface area contributed by atoms with E-state index >= 15 is 0 Å². The van der Waals surface area contributed by atoms with Gasteiger partial charge in [0.25, 0.3) is 23.1 Å². The van der Waals surface area contributed by atoms with Crippen molar-refractivity contribution < 1.29 is 37.0 Å². The Morgan fingerprint density at radius 3 is 1.94 bits per heavy atom. The number of hydrogen-bond acceptors (Lipinski definition) is 8. The third-order valence-electron chi connectivity index (χ3n) is 9.44. The molecule has 3 rings (SSSR count). The van der Waals surface area contributed by atoms with Gasteiger partial charge in [-0.25, -0.2) is 13.9 Å². The van der Waals surface area contributed by atoms with Gasteiger partial charge in [0.15, 0.2) is 11.8 Å². The zero-order valence-electron chi connectivity index (χ0n) is 33.2. The van der Waals surface area contributed by atoms with Gasteiger partial charge in [0.2, 0.25) is 6.23 Å². The minimum atomic E-state index is -1.86. The van der Waals surface area contributed by atoms with Gasteiger partial charge < -0.3 is 14.8 Å². The molecule has 4 amide bonds. The normalized spacial score (nSPS) is 15.7. The molecule has 0 bridgehead atoms. The van der Waals surface area contributed by atoms with E-state index in [1.165, 1.54) is 95.8 Å². The molecule has 1 aliphatic rings. The zero-order valence-corrected chi connectivity index (χ0v) is 34.0. The average Bonchev–Trinajstić information content (AvgIpc) is 3.37. The van der Waals surface area contributed by atoms with E-state index in [0.29, 0.717) is 17.2 Å². The van der Waals surface area contributed by atoms with E-state index in [4.69, 9.17) is 13.7 Å². The Kier molecular flexibility index (Phi) is 19.1. The maximum Gasteiger partial charge on any atom is 0.330 e. The number of carbonyl (C=O) groups is 4. The van der Waals surface area contributed by atoms with Crippen molar-refractivity contribution in [2.75, 3.05) is 30.9 Å². The van der Waals surface area contributed by atoms with Crippen LogP contribution in [0.15, 0.2) is 48.5 Å². The first kappa shape index (κ1) is 44.6. The predicted molar refractivity (Wildman–Crippen MR) is 213 cm³/mol. The molecule has 0 spiro atoms. The molecule has 1 saturated heterocycles. The number of ether oxygens (including phenoxy) is 2. The van der Waals surface area contributed by atoms with Gasteiger partial charge in [0.1, 0.15) is 5.75 Å². The lowest BCUT2D eigenvalue weighted by Crippen LogP contribution is -2.55. The first-order chi connectivity index (χ1) is 25.9. The Morgan fingerprint density at radius 2 is 1.41 bits per heavy atom. The Bertz CT molecular complexity index is 1520. The minimum Gasteiger partial charge on any atom is -0.495 e. The summed E-state index contributed by atoms with van der Waals surface area (Å²) in [7, 11) is 2.70. The molecule has 54 heavy (non-hydrogen) atoms. The molecule has 300 valence electrons. The van der Waals surface area contributed by atoms with Crippen molar-refractivity contribution in [2.45, 2.75) is 136 Å². The van der Waals surface area contributed by atoms with Crippen LogP contribution in [0.1, 0.15) is 123 Å². The molecule has 0 aliphatic carbocycles. The van der Waals surface area contributed by atoms with Crippen molar-refractivity contribution in [1.82, 2.24) is 9.80 Å². The molecular formula is C41H62N4O8S. The molecule has 13 heteroatoms. The zero-order chi connectivity index (χ0) is 39.5. The quantitative estimate of drug-likeness (QED) is 0.0551. The highest BCUT2D eigenvalue weighted by atomic mass is 32.2. The molecule has 2 aromatic rings. The van der Waals surface area contributed by atoms with Gasteiger partial charge >= 0.3 is 6.03 Å². The van der Waals surface area contributed by atoms with E-state index in [1.807, 2.05) is 6.07 Å². The molecule has 3 unspecified atom stereocenters. The standard InChI is InChI=1S/C41H62N4O8S/c1-7-8-9-10-11-12-13-14-15-16-17-18-19-23-28-53-54(50)43-32-26-27-34(51-5)33(29-32)42-37(47)35(36(46)41(2,3)4)45-38(48)39(52-6)44(40(45)49)30-31-24-21-20-22-25-31/h20-22,24-27,29,35,39,43H,7-19,23,28,30H2,1-6H3,(H,42,47). The monoisotopic (exact) mass is 770 g/mol. The predicted octanol–water partition coefficient (Wildman–Crippen LogP) is 8.54. The first-order valence-electron chi connectivity index (χ1n) is 19.5. The number of nitrogens with zero attached hydrogens (tertiary/aromatic N) is 2. The van der Waals surface area contributed by atoms with Crippen LogP contribution in [0.4, 0.5) is 16.2 Å².